The van der Waals surface area contributed by atoms with Crippen molar-refractivity contribution in [3.63, 3.8) is 0 Å². The van der Waals surface area contributed by atoms with E-state index in [1.165, 1.54) is 11.3 Å². The van der Waals surface area contributed by atoms with Gasteiger partial charge in [0.1, 0.15) is 17.8 Å². The van der Waals surface area contributed by atoms with E-state index in [9.17, 15) is 4.79 Å². The molecular formula is C14H12N6OS. The van der Waals surface area contributed by atoms with Gasteiger partial charge in [-0.15, -0.1) is 21.5 Å². The SMILES string of the molecule is O=C(Nc1csc(-c2nncn2C2CC2)n1)c1ccccn1. The summed E-state index contributed by atoms with van der Waals surface area (Å²) in [5, 5.41) is 13.4. The van der Waals surface area contributed by atoms with Gasteiger partial charge in [-0.05, 0) is 25.0 Å². The van der Waals surface area contributed by atoms with Gasteiger partial charge < -0.3 is 9.88 Å². The maximum atomic E-state index is 12.1. The number of thiazole rings is 1. The van der Waals surface area contributed by atoms with Crippen LogP contribution in [0.4, 0.5) is 5.82 Å². The van der Waals surface area contributed by atoms with Gasteiger partial charge >= 0.3 is 0 Å². The Morgan fingerprint density at radius 2 is 2.27 bits per heavy atom. The van der Waals surface area contributed by atoms with Crippen LogP contribution in [-0.2, 0) is 0 Å². The van der Waals surface area contributed by atoms with Gasteiger partial charge in [-0.25, -0.2) is 4.98 Å². The highest BCUT2D eigenvalue weighted by molar-refractivity contribution is 7.13. The number of carbonyl (C=O) groups excluding carboxylic acids is 1. The maximum absolute atomic E-state index is 12.1. The molecule has 0 aliphatic heterocycles. The fourth-order valence-electron chi connectivity index (χ4n) is 2.13. The highest BCUT2D eigenvalue weighted by Gasteiger charge is 2.27. The van der Waals surface area contributed by atoms with E-state index in [-0.39, 0.29) is 5.91 Å². The van der Waals surface area contributed by atoms with Crippen LogP contribution >= 0.6 is 11.3 Å². The Morgan fingerprint density at radius 3 is 3.05 bits per heavy atom. The normalized spacial score (nSPS) is 14.0. The number of carbonyl (C=O) groups is 1. The Labute approximate surface area is 130 Å². The molecule has 0 unspecified atom stereocenters. The van der Waals surface area contributed by atoms with E-state index in [0.29, 0.717) is 17.6 Å². The molecule has 4 rings (SSSR count). The first-order valence-corrected chi connectivity index (χ1v) is 7.77. The first-order valence-electron chi connectivity index (χ1n) is 6.89. The Hall–Kier alpha value is -2.61. The molecule has 7 nitrogen and oxygen atoms in total. The third kappa shape index (κ3) is 2.48. The Bertz CT molecular complexity index is 808. The van der Waals surface area contributed by atoms with Crippen LogP contribution in [0.1, 0.15) is 29.4 Å². The molecule has 1 N–H and O–H groups in total. The minimum atomic E-state index is -0.277. The second-order valence-electron chi connectivity index (χ2n) is 5.00. The van der Waals surface area contributed by atoms with Gasteiger partial charge in [0, 0.05) is 17.6 Å². The summed E-state index contributed by atoms with van der Waals surface area (Å²) in [6, 6.07) is 5.68. The zero-order valence-electron chi connectivity index (χ0n) is 11.5. The van der Waals surface area contributed by atoms with Crippen LogP contribution in [0.2, 0.25) is 0 Å². The maximum Gasteiger partial charge on any atom is 0.275 e. The fourth-order valence-corrected chi connectivity index (χ4v) is 2.86. The first-order chi connectivity index (χ1) is 10.8. The first kappa shape index (κ1) is 13.1. The number of aromatic nitrogens is 5. The molecule has 0 saturated heterocycles. The number of anilines is 1. The molecule has 0 atom stereocenters. The minimum absolute atomic E-state index is 0.277. The second-order valence-corrected chi connectivity index (χ2v) is 5.86. The molecule has 1 fully saturated rings. The van der Waals surface area contributed by atoms with Crippen LogP contribution in [-0.4, -0.2) is 30.6 Å². The van der Waals surface area contributed by atoms with E-state index >= 15 is 0 Å². The minimum Gasteiger partial charge on any atom is -0.308 e. The van der Waals surface area contributed by atoms with E-state index in [1.54, 1.807) is 36.1 Å². The number of pyridine rings is 1. The standard InChI is InChI=1S/C14H12N6OS/c21-13(10-3-1-2-6-15-10)17-11-7-22-14(18-11)12-19-16-8-20(12)9-4-5-9/h1-3,6-9H,4-5H2,(H,17,21). The van der Waals surface area contributed by atoms with Crippen molar-refractivity contribution >= 4 is 23.1 Å². The predicted molar refractivity (Wildman–Crippen MR) is 81.6 cm³/mol. The van der Waals surface area contributed by atoms with Crippen molar-refractivity contribution in [2.45, 2.75) is 18.9 Å². The number of amides is 1. The van der Waals surface area contributed by atoms with Crippen LogP contribution in [0.5, 0.6) is 0 Å². The van der Waals surface area contributed by atoms with Crippen molar-refractivity contribution in [2.75, 3.05) is 5.32 Å². The lowest BCUT2D eigenvalue weighted by molar-refractivity contribution is 0.102. The summed E-state index contributed by atoms with van der Waals surface area (Å²) in [5.74, 6) is 0.980. The van der Waals surface area contributed by atoms with Crippen LogP contribution in [0.25, 0.3) is 10.8 Å². The molecule has 3 heterocycles. The largest absolute Gasteiger partial charge is 0.308 e. The summed E-state index contributed by atoms with van der Waals surface area (Å²) in [6.45, 7) is 0. The van der Waals surface area contributed by atoms with E-state index in [2.05, 4.69) is 25.5 Å². The summed E-state index contributed by atoms with van der Waals surface area (Å²) < 4.78 is 2.04. The van der Waals surface area contributed by atoms with Gasteiger partial charge in [-0.3, -0.25) is 9.78 Å². The smallest absolute Gasteiger partial charge is 0.275 e. The zero-order chi connectivity index (χ0) is 14.9. The molecule has 1 amide bonds. The van der Waals surface area contributed by atoms with Gasteiger partial charge in [0.05, 0.1) is 0 Å². The van der Waals surface area contributed by atoms with Crippen molar-refractivity contribution < 1.29 is 4.79 Å². The average molecular weight is 312 g/mol. The van der Waals surface area contributed by atoms with Crippen LogP contribution in [0.15, 0.2) is 36.1 Å². The lowest BCUT2D eigenvalue weighted by Gasteiger charge is -2.01. The lowest BCUT2D eigenvalue weighted by Crippen LogP contribution is -2.13. The molecule has 0 radical (unpaired) electrons. The van der Waals surface area contributed by atoms with Crippen LogP contribution < -0.4 is 5.32 Å². The highest BCUT2D eigenvalue weighted by atomic mass is 32.1. The van der Waals surface area contributed by atoms with Crippen molar-refractivity contribution in [1.82, 2.24) is 24.7 Å². The van der Waals surface area contributed by atoms with E-state index in [1.807, 2.05) is 4.57 Å². The third-order valence-corrected chi connectivity index (χ3v) is 4.19. The molecule has 110 valence electrons. The van der Waals surface area contributed by atoms with E-state index < -0.39 is 0 Å². The Balaban J connectivity index is 1.54. The Morgan fingerprint density at radius 1 is 1.36 bits per heavy atom. The molecular weight excluding hydrogens is 300 g/mol. The van der Waals surface area contributed by atoms with Gasteiger partial charge in [0.25, 0.3) is 5.91 Å². The van der Waals surface area contributed by atoms with Crippen molar-refractivity contribution in [1.29, 1.82) is 0 Å². The van der Waals surface area contributed by atoms with Gasteiger partial charge in [-0.2, -0.15) is 0 Å². The molecule has 1 aliphatic carbocycles. The summed E-state index contributed by atoms with van der Waals surface area (Å²) >= 11 is 1.43. The molecule has 3 aromatic rings. The summed E-state index contributed by atoms with van der Waals surface area (Å²) in [5.41, 5.74) is 0.359. The number of rotatable bonds is 4. The predicted octanol–water partition coefficient (Wildman–Crippen LogP) is 2.38. The number of nitrogens with zero attached hydrogens (tertiary/aromatic N) is 5. The van der Waals surface area contributed by atoms with E-state index in [4.69, 9.17) is 0 Å². The molecule has 1 aliphatic rings. The average Bonchev–Trinajstić information content (AvgIpc) is 3.10. The molecule has 0 aromatic carbocycles. The molecule has 3 aromatic heterocycles. The van der Waals surface area contributed by atoms with Gasteiger partial charge in [0.2, 0.25) is 0 Å². The molecule has 22 heavy (non-hydrogen) atoms. The summed E-state index contributed by atoms with van der Waals surface area (Å²) in [7, 11) is 0. The topological polar surface area (TPSA) is 85.6 Å². The highest BCUT2D eigenvalue weighted by Crippen LogP contribution is 2.38. The third-order valence-electron chi connectivity index (χ3n) is 3.35. The monoisotopic (exact) mass is 312 g/mol. The molecule has 8 heteroatoms. The molecule has 1 saturated carbocycles. The number of nitrogens with one attached hydrogen (secondary N) is 1. The lowest BCUT2D eigenvalue weighted by atomic mass is 10.3. The Kier molecular flexibility index (Phi) is 3.15. The fraction of sp³-hybridized carbons (Fsp3) is 0.214. The van der Waals surface area contributed by atoms with Crippen LogP contribution in [0.3, 0.4) is 0 Å². The zero-order valence-corrected chi connectivity index (χ0v) is 12.3. The second kappa shape index (κ2) is 5.30. The van der Waals surface area contributed by atoms with Crippen molar-refractivity contribution in [2.24, 2.45) is 0 Å². The molecule has 0 bridgehead atoms. The van der Waals surface area contributed by atoms with Crippen molar-refractivity contribution in [3.8, 4) is 10.8 Å². The van der Waals surface area contributed by atoms with Gasteiger partial charge in [0.15, 0.2) is 10.8 Å². The summed E-state index contributed by atoms with van der Waals surface area (Å²) in [6.07, 6.45) is 5.62. The van der Waals surface area contributed by atoms with E-state index in [0.717, 1.165) is 23.7 Å². The number of hydrogen-bond acceptors (Lipinski definition) is 6. The molecule has 0 spiro atoms. The quantitative estimate of drug-likeness (QED) is 0.799. The summed E-state index contributed by atoms with van der Waals surface area (Å²) in [4.78, 5) is 20.5. The van der Waals surface area contributed by atoms with Gasteiger partial charge in [-0.1, -0.05) is 6.07 Å². The van der Waals surface area contributed by atoms with Crippen molar-refractivity contribution in [3.05, 3.63) is 41.8 Å². The van der Waals surface area contributed by atoms with Crippen LogP contribution in [0, 0.1) is 0 Å². The number of hydrogen-bond donors (Lipinski definition) is 1.